The SMILES string of the molecule is CC(C)Oc1cc(CN(CC2CNCC(C(F)(F)F)O2)C2CC2)ccn1. The van der Waals surface area contributed by atoms with E-state index in [4.69, 9.17) is 9.47 Å². The van der Waals surface area contributed by atoms with Crippen molar-refractivity contribution in [1.29, 1.82) is 0 Å². The van der Waals surface area contributed by atoms with Gasteiger partial charge in [0, 0.05) is 44.5 Å². The molecular formula is C18H26F3N3O2. The third-order valence-corrected chi connectivity index (χ3v) is 4.47. The molecule has 1 N–H and O–H groups in total. The Bertz CT molecular complexity index is 593. The summed E-state index contributed by atoms with van der Waals surface area (Å²) in [5.41, 5.74) is 1.04. The molecule has 1 aliphatic heterocycles. The highest BCUT2D eigenvalue weighted by atomic mass is 19.4. The molecule has 2 atom stereocenters. The number of ether oxygens (including phenoxy) is 2. The number of hydrogen-bond acceptors (Lipinski definition) is 5. The van der Waals surface area contributed by atoms with Crippen molar-refractivity contribution in [3.05, 3.63) is 23.9 Å². The summed E-state index contributed by atoms with van der Waals surface area (Å²) in [6.07, 6.45) is -2.63. The standard InChI is InChI=1S/C18H26F3N3O2/c1-12(2)25-17-7-13(5-6-23-17)10-24(14-3-4-14)11-15-8-22-9-16(26-15)18(19,20)21/h5-7,12,14-16,22H,3-4,8-11H2,1-2H3. The number of nitrogens with zero attached hydrogens (tertiary/aromatic N) is 2. The van der Waals surface area contributed by atoms with Crippen LogP contribution in [0.5, 0.6) is 5.88 Å². The molecule has 8 heteroatoms. The Hall–Kier alpha value is -1.38. The first-order valence-electron chi connectivity index (χ1n) is 9.10. The number of aromatic nitrogens is 1. The lowest BCUT2D eigenvalue weighted by atomic mass is 10.2. The Morgan fingerprint density at radius 2 is 2.12 bits per heavy atom. The minimum Gasteiger partial charge on any atom is -0.475 e. The molecule has 0 bridgehead atoms. The molecule has 0 aromatic carbocycles. The van der Waals surface area contributed by atoms with Crippen LogP contribution in [0.3, 0.4) is 0 Å². The molecule has 0 radical (unpaired) electrons. The Labute approximate surface area is 151 Å². The molecule has 0 spiro atoms. The molecule has 1 aromatic rings. The summed E-state index contributed by atoms with van der Waals surface area (Å²) in [5, 5.41) is 2.85. The average molecular weight is 373 g/mol. The molecule has 0 amide bonds. The van der Waals surface area contributed by atoms with E-state index in [0.717, 1.165) is 18.4 Å². The molecule has 1 aromatic heterocycles. The van der Waals surface area contributed by atoms with Crippen LogP contribution in [0.25, 0.3) is 0 Å². The molecule has 1 saturated carbocycles. The molecule has 26 heavy (non-hydrogen) atoms. The van der Waals surface area contributed by atoms with Gasteiger partial charge >= 0.3 is 6.18 Å². The number of halogens is 3. The van der Waals surface area contributed by atoms with Crippen LogP contribution in [0.2, 0.25) is 0 Å². The topological polar surface area (TPSA) is 46.6 Å². The van der Waals surface area contributed by atoms with Crippen LogP contribution in [0.1, 0.15) is 32.3 Å². The number of pyridine rings is 1. The molecule has 1 saturated heterocycles. The zero-order chi connectivity index (χ0) is 18.7. The van der Waals surface area contributed by atoms with Gasteiger partial charge in [0.25, 0.3) is 0 Å². The maximum Gasteiger partial charge on any atom is 0.415 e. The first-order valence-corrected chi connectivity index (χ1v) is 9.10. The second-order valence-electron chi connectivity index (χ2n) is 7.28. The molecule has 2 unspecified atom stereocenters. The Balaban J connectivity index is 1.61. The van der Waals surface area contributed by atoms with Crippen molar-refractivity contribution in [2.75, 3.05) is 19.6 Å². The van der Waals surface area contributed by atoms with E-state index in [1.54, 1.807) is 6.20 Å². The van der Waals surface area contributed by atoms with Gasteiger partial charge in [-0.1, -0.05) is 0 Å². The highest BCUT2D eigenvalue weighted by molar-refractivity contribution is 5.21. The summed E-state index contributed by atoms with van der Waals surface area (Å²) in [6.45, 7) is 5.27. The van der Waals surface area contributed by atoms with Crippen LogP contribution >= 0.6 is 0 Å². The van der Waals surface area contributed by atoms with E-state index in [9.17, 15) is 13.2 Å². The predicted molar refractivity (Wildman–Crippen MR) is 91.0 cm³/mol. The smallest absolute Gasteiger partial charge is 0.415 e. The van der Waals surface area contributed by atoms with E-state index < -0.39 is 18.4 Å². The summed E-state index contributed by atoms with van der Waals surface area (Å²) < 4.78 is 49.7. The lowest BCUT2D eigenvalue weighted by Gasteiger charge is -2.35. The van der Waals surface area contributed by atoms with Gasteiger partial charge < -0.3 is 14.8 Å². The molecular weight excluding hydrogens is 347 g/mol. The highest BCUT2D eigenvalue weighted by Gasteiger charge is 2.44. The zero-order valence-corrected chi connectivity index (χ0v) is 15.1. The van der Waals surface area contributed by atoms with Gasteiger partial charge in [0.05, 0.1) is 12.2 Å². The maximum atomic E-state index is 12.9. The van der Waals surface area contributed by atoms with E-state index in [0.29, 0.717) is 31.6 Å². The number of alkyl halides is 3. The minimum atomic E-state index is -4.33. The third kappa shape index (κ3) is 5.56. The maximum absolute atomic E-state index is 12.9. The molecule has 2 fully saturated rings. The van der Waals surface area contributed by atoms with Crippen molar-refractivity contribution >= 4 is 0 Å². The largest absolute Gasteiger partial charge is 0.475 e. The Morgan fingerprint density at radius 3 is 2.77 bits per heavy atom. The van der Waals surface area contributed by atoms with Gasteiger partial charge in [-0.3, -0.25) is 4.90 Å². The molecule has 3 rings (SSSR count). The van der Waals surface area contributed by atoms with Crippen LogP contribution in [0.4, 0.5) is 13.2 Å². The highest BCUT2D eigenvalue weighted by Crippen LogP contribution is 2.31. The first kappa shape index (κ1) is 19.4. The third-order valence-electron chi connectivity index (χ3n) is 4.47. The summed E-state index contributed by atoms with van der Waals surface area (Å²) in [6, 6.07) is 4.22. The Kier molecular flexibility index (Phi) is 6.04. The summed E-state index contributed by atoms with van der Waals surface area (Å²) in [7, 11) is 0. The lowest BCUT2D eigenvalue weighted by Crippen LogP contribution is -2.54. The van der Waals surface area contributed by atoms with Crippen molar-refractivity contribution < 1.29 is 22.6 Å². The van der Waals surface area contributed by atoms with Gasteiger partial charge in [-0.2, -0.15) is 13.2 Å². The zero-order valence-electron chi connectivity index (χ0n) is 15.1. The number of nitrogens with one attached hydrogen (secondary N) is 1. The minimum absolute atomic E-state index is 0.0401. The van der Waals surface area contributed by atoms with Crippen molar-refractivity contribution in [3.8, 4) is 5.88 Å². The number of rotatable bonds is 7. The fourth-order valence-corrected chi connectivity index (χ4v) is 3.14. The summed E-state index contributed by atoms with van der Waals surface area (Å²) in [5.74, 6) is 0.570. The first-order chi connectivity index (χ1) is 12.3. The van der Waals surface area contributed by atoms with Gasteiger partial charge in [0.1, 0.15) is 0 Å². The van der Waals surface area contributed by atoms with Gasteiger partial charge in [-0.25, -0.2) is 4.98 Å². The van der Waals surface area contributed by atoms with E-state index in [-0.39, 0.29) is 12.6 Å². The quantitative estimate of drug-likeness (QED) is 0.796. The lowest BCUT2D eigenvalue weighted by molar-refractivity contribution is -0.241. The molecule has 146 valence electrons. The van der Waals surface area contributed by atoms with Crippen LogP contribution in [-0.4, -0.2) is 60.0 Å². The molecule has 1 aliphatic carbocycles. The van der Waals surface area contributed by atoms with Crippen LogP contribution in [0, 0.1) is 0 Å². The molecule has 2 aliphatic rings. The van der Waals surface area contributed by atoms with E-state index in [1.807, 2.05) is 26.0 Å². The predicted octanol–water partition coefficient (Wildman–Crippen LogP) is 2.75. The van der Waals surface area contributed by atoms with Crippen LogP contribution in [0.15, 0.2) is 18.3 Å². The molecule has 2 heterocycles. The van der Waals surface area contributed by atoms with Crippen molar-refractivity contribution in [2.45, 2.75) is 63.8 Å². The van der Waals surface area contributed by atoms with Crippen molar-refractivity contribution in [1.82, 2.24) is 15.2 Å². The van der Waals surface area contributed by atoms with E-state index in [1.165, 1.54) is 0 Å². The van der Waals surface area contributed by atoms with E-state index >= 15 is 0 Å². The fourth-order valence-electron chi connectivity index (χ4n) is 3.14. The monoisotopic (exact) mass is 373 g/mol. The van der Waals surface area contributed by atoms with Gasteiger partial charge in [0.2, 0.25) is 5.88 Å². The molecule has 5 nitrogen and oxygen atoms in total. The van der Waals surface area contributed by atoms with Gasteiger partial charge in [-0.05, 0) is 38.3 Å². The van der Waals surface area contributed by atoms with Gasteiger partial charge in [0.15, 0.2) is 6.10 Å². The second kappa shape index (κ2) is 8.10. The van der Waals surface area contributed by atoms with Crippen molar-refractivity contribution in [3.63, 3.8) is 0 Å². The summed E-state index contributed by atoms with van der Waals surface area (Å²) in [4.78, 5) is 6.41. The number of hydrogen-bond donors (Lipinski definition) is 1. The normalized spacial score (nSPS) is 24.3. The van der Waals surface area contributed by atoms with Crippen LogP contribution < -0.4 is 10.1 Å². The Morgan fingerprint density at radius 1 is 1.35 bits per heavy atom. The average Bonchev–Trinajstić information content (AvgIpc) is 3.38. The second-order valence-corrected chi connectivity index (χ2v) is 7.28. The summed E-state index contributed by atoms with van der Waals surface area (Å²) >= 11 is 0. The fraction of sp³-hybridized carbons (Fsp3) is 0.722. The van der Waals surface area contributed by atoms with E-state index in [2.05, 4.69) is 15.2 Å². The van der Waals surface area contributed by atoms with Crippen LogP contribution in [-0.2, 0) is 11.3 Å². The van der Waals surface area contributed by atoms with Gasteiger partial charge in [-0.15, -0.1) is 0 Å². The van der Waals surface area contributed by atoms with Crippen molar-refractivity contribution in [2.24, 2.45) is 0 Å². The number of morpholine rings is 1.